The zero-order valence-electron chi connectivity index (χ0n) is 10.3. The normalized spacial score (nSPS) is 18.2. The molecule has 6 heteroatoms. The van der Waals surface area contributed by atoms with E-state index < -0.39 is 0 Å². The van der Waals surface area contributed by atoms with Crippen molar-refractivity contribution >= 4 is 17.4 Å². The minimum atomic E-state index is -0.0560. The lowest BCUT2D eigenvalue weighted by molar-refractivity contribution is 0.0672. The lowest BCUT2D eigenvalue weighted by Crippen LogP contribution is -2.42. The van der Waals surface area contributed by atoms with E-state index in [1.54, 1.807) is 0 Å². The van der Waals surface area contributed by atoms with Crippen LogP contribution in [0.1, 0.15) is 26.8 Å². The fraction of sp³-hybridized carbons (Fsp3) is 0.308. The maximum atomic E-state index is 12.4. The van der Waals surface area contributed by atoms with E-state index in [0.29, 0.717) is 18.0 Å². The van der Waals surface area contributed by atoms with E-state index in [9.17, 15) is 4.79 Å². The number of nitrogens with two attached hydrogens (primary N) is 1. The Labute approximate surface area is 115 Å². The van der Waals surface area contributed by atoms with Crippen LogP contribution in [0.3, 0.4) is 0 Å². The predicted octanol–water partition coefficient (Wildman–Crippen LogP) is 1.24. The third kappa shape index (κ3) is 2.13. The number of benzene rings is 1. The number of rotatable bonds is 2. The molecule has 2 heterocycles. The number of hydrogen-bond acceptors (Lipinski definition) is 5. The average Bonchev–Trinajstić information content (AvgIpc) is 2.99. The number of aromatic nitrogens is 2. The smallest absolute Gasteiger partial charge is 0.267 e. The molecule has 2 N–H and O–H groups in total. The molecule has 1 amide bonds. The number of amides is 1. The Hall–Kier alpha value is -1.79. The van der Waals surface area contributed by atoms with Crippen molar-refractivity contribution in [3.8, 4) is 0 Å². The van der Waals surface area contributed by atoms with Gasteiger partial charge in [-0.15, -0.1) is 5.10 Å². The molecule has 0 bridgehead atoms. The molecule has 1 aliphatic heterocycles. The van der Waals surface area contributed by atoms with Crippen LogP contribution in [0.4, 0.5) is 0 Å². The topological polar surface area (TPSA) is 72.1 Å². The zero-order chi connectivity index (χ0) is 13.2. The van der Waals surface area contributed by atoms with E-state index in [1.807, 2.05) is 17.0 Å². The lowest BCUT2D eigenvalue weighted by atomic mass is 9.92. The van der Waals surface area contributed by atoms with E-state index in [0.717, 1.165) is 23.5 Å². The molecule has 19 heavy (non-hydrogen) atoms. The van der Waals surface area contributed by atoms with E-state index in [1.165, 1.54) is 11.8 Å². The molecule has 0 spiro atoms. The summed E-state index contributed by atoms with van der Waals surface area (Å²) in [5, 5.41) is 3.72. The Morgan fingerprint density at radius 2 is 2.32 bits per heavy atom. The molecule has 2 aromatic rings. The average molecular weight is 274 g/mol. The highest BCUT2D eigenvalue weighted by Crippen LogP contribution is 2.30. The van der Waals surface area contributed by atoms with Gasteiger partial charge in [0.1, 0.15) is 4.88 Å². The lowest BCUT2D eigenvalue weighted by Gasteiger charge is -2.36. The van der Waals surface area contributed by atoms with Crippen molar-refractivity contribution in [2.45, 2.75) is 12.5 Å². The summed E-state index contributed by atoms with van der Waals surface area (Å²) in [6, 6.07) is 8.12. The van der Waals surface area contributed by atoms with Crippen molar-refractivity contribution in [3.05, 3.63) is 46.5 Å². The Morgan fingerprint density at radius 1 is 1.47 bits per heavy atom. The van der Waals surface area contributed by atoms with Gasteiger partial charge in [0.05, 0.1) is 12.2 Å². The molecule has 5 nitrogen and oxygen atoms in total. The van der Waals surface area contributed by atoms with Crippen molar-refractivity contribution in [1.29, 1.82) is 0 Å². The van der Waals surface area contributed by atoms with Gasteiger partial charge in [-0.1, -0.05) is 28.8 Å². The van der Waals surface area contributed by atoms with Crippen LogP contribution in [0.2, 0.25) is 0 Å². The molecule has 0 saturated heterocycles. The van der Waals surface area contributed by atoms with Crippen LogP contribution in [-0.4, -0.2) is 33.5 Å². The van der Waals surface area contributed by atoms with Gasteiger partial charge in [0, 0.05) is 13.1 Å². The van der Waals surface area contributed by atoms with Gasteiger partial charge in [0.25, 0.3) is 5.91 Å². The van der Waals surface area contributed by atoms with Crippen LogP contribution in [0.5, 0.6) is 0 Å². The molecule has 1 aliphatic rings. The first-order valence-electron chi connectivity index (χ1n) is 6.17. The number of hydrogen-bond donors (Lipinski definition) is 1. The van der Waals surface area contributed by atoms with E-state index >= 15 is 0 Å². The Morgan fingerprint density at radius 3 is 3.05 bits per heavy atom. The van der Waals surface area contributed by atoms with Crippen LogP contribution in [0, 0.1) is 0 Å². The van der Waals surface area contributed by atoms with Crippen LogP contribution in [-0.2, 0) is 6.42 Å². The summed E-state index contributed by atoms with van der Waals surface area (Å²) < 4.78 is 3.75. The van der Waals surface area contributed by atoms with Crippen molar-refractivity contribution in [2.24, 2.45) is 5.73 Å². The minimum absolute atomic E-state index is 0.0278. The first kappa shape index (κ1) is 12.3. The predicted molar refractivity (Wildman–Crippen MR) is 72.9 cm³/mol. The fourth-order valence-electron chi connectivity index (χ4n) is 2.55. The van der Waals surface area contributed by atoms with Crippen LogP contribution < -0.4 is 5.73 Å². The molecule has 0 aliphatic carbocycles. The molecular formula is C13H14N4OS. The van der Waals surface area contributed by atoms with Crippen molar-refractivity contribution in [3.63, 3.8) is 0 Å². The van der Waals surface area contributed by atoms with Gasteiger partial charge >= 0.3 is 0 Å². The van der Waals surface area contributed by atoms with Gasteiger partial charge in [-0.2, -0.15) is 0 Å². The highest BCUT2D eigenvalue weighted by atomic mass is 32.1. The molecule has 1 unspecified atom stereocenters. The highest BCUT2D eigenvalue weighted by molar-refractivity contribution is 7.07. The van der Waals surface area contributed by atoms with Crippen LogP contribution in [0.25, 0.3) is 0 Å². The SMILES string of the molecule is NCC1c2ccccc2CCN1C(=O)c1cnns1. The van der Waals surface area contributed by atoms with Gasteiger partial charge in [0.2, 0.25) is 0 Å². The summed E-state index contributed by atoms with van der Waals surface area (Å²) >= 11 is 1.13. The summed E-state index contributed by atoms with van der Waals surface area (Å²) in [4.78, 5) is 14.8. The molecule has 3 rings (SSSR count). The second-order valence-electron chi connectivity index (χ2n) is 4.48. The van der Waals surface area contributed by atoms with Gasteiger partial charge in [-0.05, 0) is 29.1 Å². The molecule has 0 radical (unpaired) electrons. The maximum absolute atomic E-state index is 12.4. The summed E-state index contributed by atoms with van der Waals surface area (Å²) in [5.41, 5.74) is 8.31. The summed E-state index contributed by atoms with van der Waals surface area (Å²) in [6.45, 7) is 1.12. The Balaban J connectivity index is 1.94. The minimum Gasteiger partial charge on any atom is -0.329 e. The number of carbonyl (C=O) groups excluding carboxylic acids is 1. The number of carbonyl (C=O) groups is 1. The summed E-state index contributed by atoms with van der Waals surface area (Å²) in [5.74, 6) is -0.0278. The number of fused-ring (bicyclic) bond motifs is 1. The third-order valence-electron chi connectivity index (χ3n) is 3.47. The molecular weight excluding hydrogens is 260 g/mol. The zero-order valence-corrected chi connectivity index (χ0v) is 11.1. The van der Waals surface area contributed by atoms with Gasteiger partial charge in [-0.25, -0.2) is 0 Å². The van der Waals surface area contributed by atoms with Crippen LogP contribution >= 0.6 is 11.5 Å². The van der Waals surface area contributed by atoms with E-state index in [2.05, 4.69) is 21.7 Å². The van der Waals surface area contributed by atoms with Gasteiger partial charge in [0.15, 0.2) is 0 Å². The molecule has 0 saturated carbocycles. The van der Waals surface area contributed by atoms with Crippen molar-refractivity contribution < 1.29 is 4.79 Å². The first-order valence-corrected chi connectivity index (χ1v) is 6.95. The second-order valence-corrected chi connectivity index (χ2v) is 5.27. The van der Waals surface area contributed by atoms with E-state index in [-0.39, 0.29) is 11.9 Å². The van der Waals surface area contributed by atoms with E-state index in [4.69, 9.17) is 5.73 Å². The van der Waals surface area contributed by atoms with Gasteiger partial charge in [-0.3, -0.25) is 4.79 Å². The highest BCUT2D eigenvalue weighted by Gasteiger charge is 2.30. The van der Waals surface area contributed by atoms with Crippen molar-refractivity contribution in [2.75, 3.05) is 13.1 Å². The second kappa shape index (κ2) is 5.07. The maximum Gasteiger partial charge on any atom is 0.267 e. The molecule has 0 fully saturated rings. The molecule has 1 aromatic carbocycles. The van der Waals surface area contributed by atoms with Gasteiger partial charge < -0.3 is 10.6 Å². The Bertz CT molecular complexity index is 584. The monoisotopic (exact) mass is 274 g/mol. The molecule has 1 atom stereocenters. The summed E-state index contributed by atoms with van der Waals surface area (Å²) in [7, 11) is 0. The summed E-state index contributed by atoms with van der Waals surface area (Å²) in [6.07, 6.45) is 2.38. The standard InChI is InChI=1S/C13H14N4OS/c14-7-11-10-4-2-1-3-9(10)5-6-17(11)13(18)12-8-15-16-19-12/h1-4,8,11H,5-7,14H2. The Kier molecular flexibility index (Phi) is 3.27. The largest absolute Gasteiger partial charge is 0.329 e. The fourth-order valence-corrected chi connectivity index (χ4v) is 3.02. The first-order chi connectivity index (χ1) is 9.31. The van der Waals surface area contributed by atoms with Crippen molar-refractivity contribution in [1.82, 2.24) is 14.5 Å². The quantitative estimate of drug-likeness (QED) is 0.894. The third-order valence-corrected chi connectivity index (χ3v) is 4.12. The molecule has 1 aromatic heterocycles. The molecule has 98 valence electrons. The van der Waals surface area contributed by atoms with Crippen LogP contribution in [0.15, 0.2) is 30.5 Å². The number of nitrogens with zero attached hydrogens (tertiary/aromatic N) is 3.